The first kappa shape index (κ1) is 21.5. The van der Waals surface area contributed by atoms with Crippen molar-refractivity contribution in [3.8, 4) is 0 Å². The van der Waals surface area contributed by atoms with E-state index < -0.39 is 0 Å². The van der Waals surface area contributed by atoms with Gasteiger partial charge in [0.1, 0.15) is 0 Å². The van der Waals surface area contributed by atoms with Crippen LogP contribution in [-0.4, -0.2) is 36.0 Å². The highest BCUT2D eigenvalue weighted by molar-refractivity contribution is 6.31. The number of nitro benzene ring substituents is 1. The molecule has 1 aromatic rings. The van der Waals surface area contributed by atoms with Gasteiger partial charge < -0.3 is 5.32 Å². The monoisotopic (exact) mass is 395 g/mol. The Labute approximate surface area is 160 Å². The minimum absolute atomic E-state index is 0. The maximum absolute atomic E-state index is 11.1. The summed E-state index contributed by atoms with van der Waals surface area (Å²) in [6.07, 6.45) is 4.88. The standard InChI is InChI=1S/C16H22ClN3O2.2ClH/c17-15-6-5-13(20(21)22)11-14(15)16(12-3-1-2-4-12)19-9-7-18-8-10-19;;/h5-6,11-12,16,18H,1-4,7-10H2;2*1H/t16-;;/m1../s1. The summed E-state index contributed by atoms with van der Waals surface area (Å²) in [7, 11) is 0. The van der Waals surface area contributed by atoms with E-state index in [9.17, 15) is 10.1 Å². The third-order valence-corrected chi connectivity index (χ3v) is 5.24. The smallest absolute Gasteiger partial charge is 0.269 e. The van der Waals surface area contributed by atoms with Crippen LogP contribution in [-0.2, 0) is 0 Å². The van der Waals surface area contributed by atoms with Crippen LogP contribution in [0, 0.1) is 16.0 Å². The molecule has 0 radical (unpaired) electrons. The van der Waals surface area contributed by atoms with Gasteiger partial charge in [0.25, 0.3) is 5.69 Å². The molecule has 0 spiro atoms. The van der Waals surface area contributed by atoms with E-state index in [1.165, 1.54) is 31.7 Å². The number of halogens is 3. The van der Waals surface area contributed by atoms with Crippen molar-refractivity contribution in [2.75, 3.05) is 26.2 Å². The van der Waals surface area contributed by atoms with Crippen LogP contribution in [0.25, 0.3) is 0 Å². The average Bonchev–Trinajstić information content (AvgIpc) is 3.04. The molecule has 136 valence electrons. The Bertz CT molecular complexity index is 547. The van der Waals surface area contributed by atoms with Crippen molar-refractivity contribution in [1.82, 2.24) is 10.2 Å². The zero-order valence-electron chi connectivity index (χ0n) is 13.4. The fraction of sp³-hybridized carbons (Fsp3) is 0.625. The average molecular weight is 397 g/mol. The summed E-state index contributed by atoms with van der Waals surface area (Å²) in [6, 6.07) is 5.07. The Hall–Kier alpha value is -0.590. The number of nitro groups is 1. The lowest BCUT2D eigenvalue weighted by atomic mass is 9.89. The van der Waals surface area contributed by atoms with Crippen molar-refractivity contribution in [2.24, 2.45) is 5.92 Å². The molecule has 24 heavy (non-hydrogen) atoms. The fourth-order valence-electron chi connectivity index (χ4n) is 3.85. The van der Waals surface area contributed by atoms with E-state index in [0.29, 0.717) is 10.9 Å². The van der Waals surface area contributed by atoms with Gasteiger partial charge in [-0.05, 0) is 30.4 Å². The number of hydrogen-bond acceptors (Lipinski definition) is 4. The molecule has 0 aromatic heterocycles. The summed E-state index contributed by atoms with van der Waals surface area (Å²) in [5.74, 6) is 0.553. The first-order chi connectivity index (χ1) is 10.7. The van der Waals surface area contributed by atoms with Gasteiger partial charge in [0.05, 0.1) is 4.92 Å². The van der Waals surface area contributed by atoms with Crippen LogP contribution >= 0.6 is 36.4 Å². The van der Waals surface area contributed by atoms with Crippen LogP contribution in [0.15, 0.2) is 18.2 Å². The van der Waals surface area contributed by atoms with Gasteiger partial charge in [-0.2, -0.15) is 0 Å². The van der Waals surface area contributed by atoms with Crippen molar-refractivity contribution in [3.05, 3.63) is 38.9 Å². The Morgan fingerprint density at radius 2 is 1.83 bits per heavy atom. The number of rotatable bonds is 4. The van der Waals surface area contributed by atoms with E-state index in [4.69, 9.17) is 11.6 Å². The highest BCUT2D eigenvalue weighted by Gasteiger charge is 2.33. The summed E-state index contributed by atoms with van der Waals surface area (Å²) in [6.45, 7) is 3.88. The van der Waals surface area contributed by atoms with E-state index in [0.717, 1.165) is 31.7 Å². The van der Waals surface area contributed by atoms with E-state index >= 15 is 0 Å². The first-order valence-electron chi connectivity index (χ1n) is 8.05. The van der Waals surface area contributed by atoms with Crippen LogP contribution in [0.1, 0.15) is 37.3 Å². The normalized spacial score (nSPS) is 20.0. The Kier molecular flexibility index (Phi) is 8.74. The van der Waals surface area contributed by atoms with E-state index in [1.54, 1.807) is 12.1 Å². The van der Waals surface area contributed by atoms with Crippen LogP contribution in [0.4, 0.5) is 5.69 Å². The number of nitrogens with zero attached hydrogens (tertiary/aromatic N) is 2. The lowest BCUT2D eigenvalue weighted by molar-refractivity contribution is -0.385. The molecule has 8 heteroatoms. The molecule has 1 aromatic carbocycles. The maximum atomic E-state index is 11.1. The minimum Gasteiger partial charge on any atom is -0.314 e. The summed E-state index contributed by atoms with van der Waals surface area (Å²) >= 11 is 6.43. The van der Waals surface area contributed by atoms with Gasteiger partial charge in [0, 0.05) is 49.4 Å². The second-order valence-electron chi connectivity index (χ2n) is 6.24. The van der Waals surface area contributed by atoms with Crippen LogP contribution in [0.5, 0.6) is 0 Å². The summed E-state index contributed by atoms with van der Waals surface area (Å²) in [5, 5.41) is 15.2. The molecule has 0 bridgehead atoms. The first-order valence-corrected chi connectivity index (χ1v) is 8.43. The van der Waals surface area contributed by atoms with Crippen molar-refractivity contribution in [2.45, 2.75) is 31.7 Å². The molecule has 5 nitrogen and oxygen atoms in total. The molecule has 0 amide bonds. The highest BCUT2D eigenvalue weighted by Crippen LogP contribution is 2.42. The number of hydrogen-bond donors (Lipinski definition) is 1. The predicted octanol–water partition coefficient (Wildman–Crippen LogP) is 4.23. The molecule has 1 heterocycles. The molecule has 2 fully saturated rings. The van der Waals surface area contributed by atoms with Gasteiger partial charge >= 0.3 is 0 Å². The van der Waals surface area contributed by atoms with Crippen molar-refractivity contribution in [3.63, 3.8) is 0 Å². The molecule has 1 aliphatic carbocycles. The van der Waals surface area contributed by atoms with E-state index in [-0.39, 0.29) is 41.5 Å². The minimum atomic E-state index is -0.330. The van der Waals surface area contributed by atoms with Gasteiger partial charge in [0.15, 0.2) is 0 Å². The van der Waals surface area contributed by atoms with Crippen LogP contribution in [0.2, 0.25) is 5.02 Å². The third kappa shape index (κ3) is 4.73. The topological polar surface area (TPSA) is 58.4 Å². The second-order valence-corrected chi connectivity index (χ2v) is 6.65. The van der Waals surface area contributed by atoms with Crippen LogP contribution < -0.4 is 5.32 Å². The highest BCUT2D eigenvalue weighted by atomic mass is 35.5. The Morgan fingerprint density at radius 3 is 2.42 bits per heavy atom. The molecule has 1 saturated carbocycles. The van der Waals surface area contributed by atoms with E-state index in [1.807, 2.05) is 0 Å². The SMILES string of the molecule is Cl.Cl.O=[N+]([O-])c1ccc(Cl)c([C@@H](C2CCCC2)N2CCNCC2)c1. The zero-order chi connectivity index (χ0) is 15.5. The van der Waals surface area contributed by atoms with Gasteiger partial charge in [0.2, 0.25) is 0 Å². The maximum Gasteiger partial charge on any atom is 0.269 e. The largest absolute Gasteiger partial charge is 0.314 e. The fourth-order valence-corrected chi connectivity index (χ4v) is 4.08. The van der Waals surface area contributed by atoms with Crippen LogP contribution in [0.3, 0.4) is 0 Å². The van der Waals surface area contributed by atoms with E-state index in [2.05, 4.69) is 10.2 Å². The summed E-state index contributed by atoms with van der Waals surface area (Å²) in [4.78, 5) is 13.2. The van der Waals surface area contributed by atoms with Gasteiger partial charge in [-0.1, -0.05) is 24.4 Å². The molecule has 1 atom stereocenters. The molecule has 0 unspecified atom stereocenters. The molecule has 1 N–H and O–H groups in total. The molecule has 1 saturated heterocycles. The number of non-ortho nitro benzene ring substituents is 1. The number of piperazine rings is 1. The molecule has 2 aliphatic rings. The van der Waals surface area contributed by atoms with Crippen molar-refractivity contribution < 1.29 is 4.92 Å². The lowest BCUT2D eigenvalue weighted by Crippen LogP contribution is -2.46. The van der Waals surface area contributed by atoms with Gasteiger partial charge in [-0.3, -0.25) is 15.0 Å². The summed E-state index contributed by atoms with van der Waals surface area (Å²) in [5.41, 5.74) is 1.07. The van der Waals surface area contributed by atoms with Crippen molar-refractivity contribution in [1.29, 1.82) is 0 Å². The quantitative estimate of drug-likeness (QED) is 0.611. The predicted molar refractivity (Wildman–Crippen MR) is 102 cm³/mol. The Balaban J connectivity index is 0.00000144. The Morgan fingerprint density at radius 1 is 1.21 bits per heavy atom. The van der Waals surface area contributed by atoms with Gasteiger partial charge in [-0.15, -0.1) is 24.8 Å². The molecular formula is C16H24Cl3N3O2. The van der Waals surface area contributed by atoms with Gasteiger partial charge in [-0.25, -0.2) is 0 Å². The zero-order valence-corrected chi connectivity index (χ0v) is 15.8. The summed E-state index contributed by atoms with van der Waals surface area (Å²) < 4.78 is 0. The number of nitrogens with one attached hydrogen (secondary N) is 1. The molecule has 1 aliphatic heterocycles. The molecular weight excluding hydrogens is 373 g/mol. The van der Waals surface area contributed by atoms with Crippen molar-refractivity contribution >= 4 is 42.1 Å². The lowest BCUT2D eigenvalue weighted by Gasteiger charge is -2.39. The number of benzene rings is 1. The molecule has 3 rings (SSSR count). The second kappa shape index (κ2) is 9.78. The third-order valence-electron chi connectivity index (χ3n) is 4.90.